The summed E-state index contributed by atoms with van der Waals surface area (Å²) in [6.45, 7) is 1.34. The smallest absolute Gasteiger partial charge is 0.343 e. The summed E-state index contributed by atoms with van der Waals surface area (Å²) in [6.07, 6.45) is 2.24. The molecule has 1 aliphatic heterocycles. The van der Waals surface area contributed by atoms with E-state index in [0.717, 1.165) is 16.9 Å². The summed E-state index contributed by atoms with van der Waals surface area (Å²) in [5, 5.41) is 5.25. The lowest BCUT2D eigenvalue weighted by Crippen LogP contribution is -2.38. The first kappa shape index (κ1) is 24.2. The predicted octanol–water partition coefficient (Wildman–Crippen LogP) is 2.94. The summed E-state index contributed by atoms with van der Waals surface area (Å²) in [5.74, 6) is -1.09. The van der Waals surface area contributed by atoms with Crippen molar-refractivity contribution in [2.45, 2.75) is 13.3 Å². The van der Waals surface area contributed by atoms with E-state index in [-0.39, 0.29) is 12.3 Å². The van der Waals surface area contributed by atoms with Crippen molar-refractivity contribution in [3.63, 3.8) is 0 Å². The van der Waals surface area contributed by atoms with Crippen LogP contribution in [-0.4, -0.2) is 49.0 Å². The van der Waals surface area contributed by atoms with Crippen LogP contribution in [0.2, 0.25) is 0 Å². The number of nitrogens with zero attached hydrogens (tertiary/aromatic N) is 1. The number of halogens is 1. The summed E-state index contributed by atoms with van der Waals surface area (Å²) < 4.78 is 10.6. The van der Waals surface area contributed by atoms with Gasteiger partial charge in [0.2, 0.25) is 5.91 Å². The van der Waals surface area contributed by atoms with Crippen LogP contribution in [0.25, 0.3) is 6.08 Å². The first-order valence-electron chi connectivity index (χ1n) is 10.0. The van der Waals surface area contributed by atoms with Crippen molar-refractivity contribution in [2.75, 3.05) is 25.6 Å². The van der Waals surface area contributed by atoms with E-state index in [0.29, 0.717) is 20.6 Å². The van der Waals surface area contributed by atoms with Gasteiger partial charge in [-0.15, -0.1) is 0 Å². The summed E-state index contributed by atoms with van der Waals surface area (Å²) in [5.41, 5.74) is 2.30. The lowest BCUT2D eigenvalue weighted by Gasteiger charge is -2.13. The van der Waals surface area contributed by atoms with E-state index >= 15 is 0 Å². The monoisotopic (exact) mass is 563 g/mol. The molecule has 1 heterocycles. The molecule has 1 fully saturated rings. The number of amides is 4. The lowest BCUT2D eigenvalue weighted by molar-refractivity contribution is -0.143. The number of carbonyl (C=O) groups excluding carboxylic acids is 4. The van der Waals surface area contributed by atoms with Gasteiger partial charge in [0.25, 0.3) is 5.91 Å². The molecule has 172 valence electrons. The van der Waals surface area contributed by atoms with Crippen molar-refractivity contribution in [2.24, 2.45) is 0 Å². The molecule has 10 heteroatoms. The summed E-state index contributed by atoms with van der Waals surface area (Å²) in [4.78, 5) is 49.6. The minimum Gasteiger partial charge on any atom is -0.481 e. The van der Waals surface area contributed by atoms with E-state index in [1.54, 1.807) is 30.3 Å². The van der Waals surface area contributed by atoms with E-state index in [1.165, 1.54) is 13.2 Å². The molecule has 0 saturated carbocycles. The van der Waals surface area contributed by atoms with E-state index < -0.39 is 30.4 Å². The van der Waals surface area contributed by atoms with Crippen LogP contribution in [0.4, 0.5) is 10.5 Å². The van der Waals surface area contributed by atoms with Crippen molar-refractivity contribution < 1.29 is 28.7 Å². The number of rotatable bonds is 8. The fraction of sp³-hybridized carbons (Fsp3) is 0.217. The van der Waals surface area contributed by atoms with E-state index in [1.807, 2.05) is 41.6 Å². The Kier molecular flexibility index (Phi) is 8.04. The molecular formula is C23H22IN3O6. The molecule has 1 saturated heterocycles. The Morgan fingerprint density at radius 3 is 2.64 bits per heavy atom. The van der Waals surface area contributed by atoms with Gasteiger partial charge in [-0.1, -0.05) is 31.2 Å². The maximum absolute atomic E-state index is 12.7. The third kappa shape index (κ3) is 6.09. The number of anilines is 1. The number of hydrogen-bond acceptors (Lipinski definition) is 6. The second kappa shape index (κ2) is 10.9. The fourth-order valence-corrected chi connectivity index (χ4v) is 3.78. The highest BCUT2D eigenvalue weighted by Crippen LogP contribution is 2.24. The zero-order valence-electron chi connectivity index (χ0n) is 18.0. The molecule has 0 aromatic heterocycles. The number of hydrogen-bond donors (Lipinski definition) is 2. The second-order valence-electron chi connectivity index (χ2n) is 6.99. The molecule has 0 radical (unpaired) electrons. The van der Waals surface area contributed by atoms with Gasteiger partial charge in [-0.3, -0.25) is 9.59 Å². The largest absolute Gasteiger partial charge is 0.481 e. The SMILES string of the molecule is CCc1ccccc1NC(=O)CN1C(=O)N/C(=C/c2ccc(OCC(=O)OC)c(I)c2)C1=O. The number of esters is 1. The van der Waals surface area contributed by atoms with E-state index in [2.05, 4.69) is 15.4 Å². The Labute approximate surface area is 204 Å². The molecule has 0 unspecified atom stereocenters. The molecule has 3 rings (SSSR count). The van der Waals surface area contributed by atoms with Crippen LogP contribution in [0.1, 0.15) is 18.1 Å². The third-order valence-electron chi connectivity index (χ3n) is 4.78. The summed E-state index contributed by atoms with van der Waals surface area (Å²) in [7, 11) is 1.27. The Bertz CT molecular complexity index is 1130. The zero-order valence-corrected chi connectivity index (χ0v) is 20.2. The van der Waals surface area contributed by atoms with Gasteiger partial charge in [0, 0.05) is 5.69 Å². The highest BCUT2D eigenvalue weighted by atomic mass is 127. The van der Waals surface area contributed by atoms with Crippen LogP contribution in [0.5, 0.6) is 5.75 Å². The number of ether oxygens (including phenoxy) is 2. The highest BCUT2D eigenvalue weighted by molar-refractivity contribution is 14.1. The van der Waals surface area contributed by atoms with Crippen LogP contribution in [-0.2, 0) is 25.5 Å². The average molecular weight is 563 g/mol. The fourth-order valence-electron chi connectivity index (χ4n) is 3.09. The predicted molar refractivity (Wildman–Crippen MR) is 129 cm³/mol. The van der Waals surface area contributed by atoms with Gasteiger partial charge in [-0.25, -0.2) is 14.5 Å². The van der Waals surface area contributed by atoms with Gasteiger partial charge >= 0.3 is 12.0 Å². The molecule has 0 aliphatic carbocycles. The molecule has 2 aromatic rings. The maximum atomic E-state index is 12.7. The number of urea groups is 1. The minimum atomic E-state index is -0.669. The molecule has 9 nitrogen and oxygen atoms in total. The third-order valence-corrected chi connectivity index (χ3v) is 5.62. The van der Waals surface area contributed by atoms with Gasteiger partial charge in [0.05, 0.1) is 10.7 Å². The minimum absolute atomic E-state index is 0.0563. The average Bonchev–Trinajstić information content (AvgIpc) is 3.05. The highest BCUT2D eigenvalue weighted by Gasteiger charge is 2.35. The van der Waals surface area contributed by atoms with Gasteiger partial charge in [0.15, 0.2) is 6.61 Å². The standard InChI is InChI=1S/C23H22IN3O6/c1-3-15-6-4-5-7-17(15)25-20(28)12-27-22(30)18(26-23(27)31)11-14-8-9-19(16(24)10-14)33-13-21(29)32-2/h4-11H,3,12-13H2,1-2H3,(H,25,28)(H,26,31)/b18-11+. The molecule has 1 aliphatic rings. The number of nitrogens with one attached hydrogen (secondary N) is 2. The second-order valence-corrected chi connectivity index (χ2v) is 8.16. The molecule has 4 amide bonds. The van der Waals surface area contributed by atoms with E-state index in [9.17, 15) is 19.2 Å². The Hall–Kier alpha value is -3.41. The molecule has 0 spiro atoms. The summed E-state index contributed by atoms with van der Waals surface area (Å²) >= 11 is 2.03. The normalized spacial score (nSPS) is 14.3. The zero-order chi connectivity index (χ0) is 24.0. The van der Waals surface area contributed by atoms with Gasteiger partial charge in [-0.05, 0) is 64.4 Å². The van der Waals surface area contributed by atoms with Gasteiger partial charge < -0.3 is 20.1 Å². The Morgan fingerprint density at radius 1 is 1.18 bits per heavy atom. The molecular weight excluding hydrogens is 541 g/mol. The lowest BCUT2D eigenvalue weighted by atomic mass is 10.1. The number of para-hydroxylation sites is 1. The van der Waals surface area contributed by atoms with Crippen molar-refractivity contribution >= 4 is 58.2 Å². The number of benzene rings is 2. The molecule has 0 atom stereocenters. The molecule has 0 bridgehead atoms. The van der Waals surface area contributed by atoms with Gasteiger partial charge in [0.1, 0.15) is 18.0 Å². The van der Waals surface area contributed by atoms with Crippen molar-refractivity contribution in [3.05, 3.63) is 62.9 Å². The number of aryl methyl sites for hydroxylation is 1. The van der Waals surface area contributed by atoms with E-state index in [4.69, 9.17) is 4.74 Å². The van der Waals surface area contributed by atoms with Crippen molar-refractivity contribution in [1.29, 1.82) is 0 Å². The number of imide groups is 1. The quantitative estimate of drug-likeness (QED) is 0.221. The Morgan fingerprint density at radius 2 is 1.94 bits per heavy atom. The van der Waals surface area contributed by atoms with Crippen LogP contribution in [0.3, 0.4) is 0 Å². The van der Waals surface area contributed by atoms with Crippen molar-refractivity contribution in [3.8, 4) is 5.75 Å². The topological polar surface area (TPSA) is 114 Å². The van der Waals surface area contributed by atoms with Crippen molar-refractivity contribution in [1.82, 2.24) is 10.2 Å². The maximum Gasteiger partial charge on any atom is 0.343 e. The first-order chi connectivity index (χ1) is 15.8. The van der Waals surface area contributed by atoms with Gasteiger partial charge in [-0.2, -0.15) is 0 Å². The van der Waals surface area contributed by atoms with Crippen LogP contribution >= 0.6 is 22.6 Å². The molecule has 33 heavy (non-hydrogen) atoms. The summed E-state index contributed by atoms with van der Waals surface area (Å²) in [6, 6.07) is 11.7. The van der Waals surface area contributed by atoms with Crippen LogP contribution < -0.4 is 15.4 Å². The van der Waals surface area contributed by atoms with Crippen LogP contribution in [0.15, 0.2) is 48.2 Å². The molecule has 2 aromatic carbocycles. The first-order valence-corrected chi connectivity index (χ1v) is 11.1. The number of methoxy groups -OCH3 is 1. The van der Waals surface area contributed by atoms with Crippen LogP contribution in [0, 0.1) is 3.57 Å². The Balaban J connectivity index is 1.67. The number of carbonyl (C=O) groups is 4. The molecule has 2 N–H and O–H groups in total.